The molecule has 0 heterocycles. The van der Waals surface area contributed by atoms with Crippen LogP contribution in [0.5, 0.6) is 5.75 Å². The predicted molar refractivity (Wildman–Crippen MR) is 66.2 cm³/mol. The molecular formula is C13H16O6. The van der Waals surface area contributed by atoms with Gasteiger partial charge in [-0.15, -0.1) is 0 Å². The lowest BCUT2D eigenvalue weighted by molar-refractivity contribution is -0.147. The van der Waals surface area contributed by atoms with Gasteiger partial charge in [-0.2, -0.15) is 0 Å². The minimum atomic E-state index is -1.62. The molecule has 6 heteroatoms. The largest absolute Gasteiger partial charge is 0.494 e. The third-order valence-electron chi connectivity index (χ3n) is 2.55. The normalized spacial score (nSPS) is 11.9. The Bertz CT molecular complexity index is 468. The summed E-state index contributed by atoms with van der Waals surface area (Å²) < 4.78 is 5.34. The molecule has 0 fully saturated rings. The molecule has 0 spiro atoms. The molecule has 1 aromatic rings. The van der Waals surface area contributed by atoms with Gasteiger partial charge < -0.3 is 20.1 Å². The molecule has 0 saturated carbocycles. The summed E-state index contributed by atoms with van der Waals surface area (Å²) in [6.45, 7) is 2.13. The highest BCUT2D eigenvalue weighted by Crippen LogP contribution is 2.25. The van der Waals surface area contributed by atoms with Gasteiger partial charge in [0.05, 0.1) is 6.61 Å². The molecule has 1 rings (SSSR count). The van der Waals surface area contributed by atoms with Crippen molar-refractivity contribution >= 4 is 11.9 Å². The number of aliphatic hydroxyl groups is 1. The van der Waals surface area contributed by atoms with Crippen molar-refractivity contribution in [1.29, 1.82) is 0 Å². The molecule has 104 valence electrons. The fourth-order valence-electron chi connectivity index (χ4n) is 1.62. The van der Waals surface area contributed by atoms with E-state index in [4.69, 9.17) is 14.9 Å². The Balaban J connectivity index is 2.99. The van der Waals surface area contributed by atoms with Gasteiger partial charge in [0.25, 0.3) is 0 Å². The van der Waals surface area contributed by atoms with E-state index in [0.29, 0.717) is 17.9 Å². The van der Waals surface area contributed by atoms with Gasteiger partial charge in [-0.1, -0.05) is 12.1 Å². The fraction of sp³-hybridized carbons (Fsp3) is 0.385. The number of rotatable bonds is 7. The number of benzene rings is 1. The van der Waals surface area contributed by atoms with Crippen LogP contribution in [0.15, 0.2) is 18.2 Å². The van der Waals surface area contributed by atoms with Crippen molar-refractivity contribution in [3.63, 3.8) is 0 Å². The Kier molecular flexibility index (Phi) is 5.32. The molecule has 0 amide bonds. The van der Waals surface area contributed by atoms with Crippen molar-refractivity contribution < 1.29 is 29.6 Å². The highest BCUT2D eigenvalue weighted by molar-refractivity contribution is 5.74. The van der Waals surface area contributed by atoms with Crippen LogP contribution >= 0.6 is 0 Å². The zero-order valence-electron chi connectivity index (χ0n) is 10.5. The molecule has 1 unspecified atom stereocenters. The van der Waals surface area contributed by atoms with E-state index < -0.39 is 18.0 Å². The van der Waals surface area contributed by atoms with E-state index in [9.17, 15) is 14.7 Å². The summed E-state index contributed by atoms with van der Waals surface area (Å²) in [6.07, 6.45) is -1.37. The molecule has 0 aliphatic heterocycles. The van der Waals surface area contributed by atoms with Gasteiger partial charge in [-0.3, -0.25) is 4.79 Å². The van der Waals surface area contributed by atoms with Crippen LogP contribution in [0.2, 0.25) is 0 Å². The van der Waals surface area contributed by atoms with Crippen LogP contribution in [-0.4, -0.2) is 33.9 Å². The summed E-state index contributed by atoms with van der Waals surface area (Å²) in [5, 5.41) is 26.8. The van der Waals surface area contributed by atoms with E-state index in [1.54, 1.807) is 13.0 Å². The van der Waals surface area contributed by atoms with Crippen LogP contribution < -0.4 is 4.74 Å². The third-order valence-corrected chi connectivity index (χ3v) is 2.55. The Morgan fingerprint density at radius 3 is 2.53 bits per heavy atom. The van der Waals surface area contributed by atoms with Crippen LogP contribution in [0, 0.1) is 0 Å². The lowest BCUT2D eigenvalue weighted by Gasteiger charge is -2.13. The average molecular weight is 268 g/mol. The number of aryl methyl sites for hydroxylation is 1. The van der Waals surface area contributed by atoms with Crippen LogP contribution in [0.1, 0.15) is 30.6 Å². The van der Waals surface area contributed by atoms with Crippen LogP contribution in [0.4, 0.5) is 0 Å². The van der Waals surface area contributed by atoms with E-state index >= 15 is 0 Å². The smallest absolute Gasteiger partial charge is 0.337 e. The summed E-state index contributed by atoms with van der Waals surface area (Å²) >= 11 is 0. The zero-order chi connectivity index (χ0) is 14.4. The van der Waals surface area contributed by atoms with Crippen molar-refractivity contribution in [2.24, 2.45) is 0 Å². The van der Waals surface area contributed by atoms with Gasteiger partial charge in [0.1, 0.15) is 5.75 Å². The van der Waals surface area contributed by atoms with E-state index in [1.807, 2.05) is 0 Å². The van der Waals surface area contributed by atoms with Crippen molar-refractivity contribution in [1.82, 2.24) is 0 Å². The number of ether oxygens (including phenoxy) is 1. The second kappa shape index (κ2) is 6.75. The number of carboxylic acid groups (broad SMARTS) is 2. The molecule has 1 atom stereocenters. The number of aliphatic hydroxyl groups excluding tert-OH is 1. The highest BCUT2D eigenvalue weighted by Gasteiger charge is 2.18. The summed E-state index contributed by atoms with van der Waals surface area (Å²) in [4.78, 5) is 21.2. The molecule has 19 heavy (non-hydrogen) atoms. The first kappa shape index (κ1) is 15.0. The summed E-state index contributed by atoms with van der Waals surface area (Å²) in [5.74, 6) is -1.86. The first-order valence-corrected chi connectivity index (χ1v) is 5.84. The molecule has 0 aliphatic rings. The molecule has 0 saturated heterocycles. The standard InChI is InChI=1S/C13H16O6/c1-2-19-10-7-9(12(16)13(17)18)4-3-8(10)5-6-11(14)15/h3-4,7,12,16H,2,5-6H2,1H3,(H,14,15)(H,17,18). The summed E-state index contributed by atoms with van der Waals surface area (Å²) in [7, 11) is 0. The molecule has 6 nitrogen and oxygen atoms in total. The minimum absolute atomic E-state index is 0.0408. The molecule has 0 aliphatic carbocycles. The molecule has 1 aromatic carbocycles. The number of carbonyl (C=O) groups is 2. The van der Waals surface area contributed by atoms with Crippen LogP contribution in [0.3, 0.4) is 0 Å². The topological polar surface area (TPSA) is 104 Å². The Hall–Kier alpha value is -2.08. The maximum Gasteiger partial charge on any atom is 0.337 e. The van der Waals surface area contributed by atoms with Gasteiger partial charge in [-0.05, 0) is 30.5 Å². The Morgan fingerprint density at radius 1 is 1.32 bits per heavy atom. The second-order valence-corrected chi connectivity index (χ2v) is 3.93. The number of hydrogen-bond donors (Lipinski definition) is 3. The van der Waals surface area contributed by atoms with Crippen molar-refractivity contribution in [3.05, 3.63) is 29.3 Å². The van der Waals surface area contributed by atoms with E-state index in [1.165, 1.54) is 12.1 Å². The van der Waals surface area contributed by atoms with Gasteiger partial charge in [0.15, 0.2) is 6.10 Å². The van der Waals surface area contributed by atoms with Gasteiger partial charge in [0.2, 0.25) is 0 Å². The lowest BCUT2D eigenvalue weighted by atomic mass is 10.0. The molecular weight excluding hydrogens is 252 g/mol. The number of carboxylic acids is 2. The second-order valence-electron chi connectivity index (χ2n) is 3.93. The Morgan fingerprint density at radius 2 is 2.00 bits per heavy atom. The SMILES string of the molecule is CCOc1cc(C(O)C(=O)O)ccc1CCC(=O)O. The monoisotopic (exact) mass is 268 g/mol. The van der Waals surface area contributed by atoms with Crippen molar-refractivity contribution in [3.8, 4) is 5.75 Å². The first-order valence-electron chi connectivity index (χ1n) is 5.84. The van der Waals surface area contributed by atoms with Crippen molar-refractivity contribution in [2.75, 3.05) is 6.61 Å². The number of aliphatic carboxylic acids is 2. The van der Waals surface area contributed by atoms with Crippen LogP contribution in [-0.2, 0) is 16.0 Å². The van der Waals surface area contributed by atoms with Gasteiger partial charge in [-0.25, -0.2) is 4.79 Å². The molecule has 3 N–H and O–H groups in total. The molecule has 0 radical (unpaired) electrons. The fourth-order valence-corrected chi connectivity index (χ4v) is 1.62. The van der Waals surface area contributed by atoms with E-state index in [2.05, 4.69) is 0 Å². The first-order chi connectivity index (χ1) is 8.95. The van der Waals surface area contributed by atoms with Gasteiger partial charge >= 0.3 is 11.9 Å². The third kappa shape index (κ3) is 4.26. The predicted octanol–water partition coefficient (Wildman–Crippen LogP) is 1.22. The zero-order valence-corrected chi connectivity index (χ0v) is 10.5. The quantitative estimate of drug-likeness (QED) is 0.687. The highest BCUT2D eigenvalue weighted by atomic mass is 16.5. The Labute approximate surface area is 110 Å². The summed E-state index contributed by atoms with van der Waals surface area (Å²) in [6, 6.07) is 4.47. The van der Waals surface area contributed by atoms with E-state index in [0.717, 1.165) is 0 Å². The number of hydrogen-bond acceptors (Lipinski definition) is 4. The maximum absolute atomic E-state index is 10.7. The summed E-state index contributed by atoms with van der Waals surface area (Å²) in [5.41, 5.74) is 0.876. The van der Waals surface area contributed by atoms with Crippen molar-refractivity contribution in [2.45, 2.75) is 25.9 Å². The van der Waals surface area contributed by atoms with E-state index in [-0.39, 0.29) is 18.4 Å². The maximum atomic E-state index is 10.7. The van der Waals surface area contributed by atoms with Crippen LogP contribution in [0.25, 0.3) is 0 Å². The van der Waals surface area contributed by atoms with Gasteiger partial charge in [0, 0.05) is 6.42 Å². The minimum Gasteiger partial charge on any atom is -0.494 e. The molecule has 0 aromatic heterocycles. The molecule has 0 bridgehead atoms. The average Bonchev–Trinajstić information content (AvgIpc) is 2.36. The lowest BCUT2D eigenvalue weighted by Crippen LogP contribution is -2.11.